The average Bonchev–Trinajstić information content (AvgIpc) is 3.03. The van der Waals surface area contributed by atoms with E-state index in [1.165, 1.54) is 18.2 Å². The Kier molecular flexibility index (Phi) is 8.71. The van der Waals surface area contributed by atoms with Crippen LogP contribution >= 0.6 is 0 Å². The lowest BCUT2D eigenvalue weighted by Gasteiger charge is -2.11. The van der Waals surface area contributed by atoms with Crippen LogP contribution in [0.25, 0.3) is 0 Å². The Morgan fingerprint density at radius 2 is 0.667 bits per heavy atom. The van der Waals surface area contributed by atoms with E-state index in [0.29, 0.717) is 45.3 Å². The van der Waals surface area contributed by atoms with Gasteiger partial charge in [0.1, 0.15) is 5.75 Å². The second-order valence-electron chi connectivity index (χ2n) is 9.98. The second kappa shape index (κ2) is 13.1. The molecule has 0 aliphatic heterocycles. The lowest BCUT2D eigenvalue weighted by molar-refractivity contribution is 0.101. The largest absolute Gasteiger partial charge is 0.508 e. The molecule has 0 aromatic heterocycles. The minimum absolute atomic E-state index is 0.0570. The molecule has 0 radical (unpaired) electrons. The van der Waals surface area contributed by atoms with Crippen molar-refractivity contribution in [2.75, 3.05) is 32.7 Å². The van der Waals surface area contributed by atoms with Crippen LogP contribution in [0.3, 0.4) is 0 Å². The van der Waals surface area contributed by atoms with Crippen LogP contribution in [0.4, 0.5) is 34.1 Å². The van der Waals surface area contributed by atoms with Gasteiger partial charge >= 0.3 is 0 Å². The Hall–Kier alpha value is -6.62. The molecule has 0 atom stereocenters. The van der Waals surface area contributed by atoms with Crippen molar-refractivity contribution in [1.82, 2.24) is 0 Å². The summed E-state index contributed by atoms with van der Waals surface area (Å²) in [6.45, 7) is 0. The highest BCUT2D eigenvalue weighted by Gasteiger charge is 2.15. The smallest absolute Gasteiger partial charge is 0.255 e. The number of rotatable bonds is 8. The van der Waals surface area contributed by atoms with Crippen LogP contribution in [0.1, 0.15) is 41.4 Å². The summed E-state index contributed by atoms with van der Waals surface area (Å²) in [6.07, 6.45) is 0. The Morgan fingerprint density at radius 3 is 0.956 bits per heavy atom. The SMILES string of the molecule is Nc1ccc(C(=O)Nc2ccc(NC(=O)c3cc(O)cc(C(=O)Nc4ccc(NC(=O)c5ccc(N)cc5)cc4)c3)cc2)cc1. The molecule has 11 nitrogen and oxygen atoms in total. The monoisotopic (exact) mass is 600 g/mol. The zero-order chi connectivity index (χ0) is 31.9. The summed E-state index contributed by atoms with van der Waals surface area (Å²) in [5, 5.41) is 21.2. The summed E-state index contributed by atoms with van der Waals surface area (Å²) in [5.74, 6) is -2.00. The maximum Gasteiger partial charge on any atom is 0.255 e. The van der Waals surface area contributed by atoms with E-state index in [1.54, 1.807) is 97.1 Å². The van der Waals surface area contributed by atoms with Crippen molar-refractivity contribution in [3.63, 3.8) is 0 Å². The number of benzene rings is 5. The number of phenols is 1. The number of carbonyl (C=O) groups is 4. The van der Waals surface area contributed by atoms with Crippen LogP contribution in [0.2, 0.25) is 0 Å². The van der Waals surface area contributed by atoms with Gasteiger partial charge in [0.25, 0.3) is 23.6 Å². The first-order chi connectivity index (χ1) is 21.6. The van der Waals surface area contributed by atoms with Crippen LogP contribution < -0.4 is 32.7 Å². The minimum atomic E-state index is -0.556. The van der Waals surface area contributed by atoms with Crippen LogP contribution in [-0.4, -0.2) is 28.7 Å². The van der Waals surface area contributed by atoms with Gasteiger partial charge in [-0.25, -0.2) is 0 Å². The summed E-state index contributed by atoms with van der Waals surface area (Å²) in [5.41, 5.74) is 15.3. The molecule has 5 aromatic carbocycles. The number of carbonyl (C=O) groups excluding carboxylic acids is 4. The zero-order valence-corrected chi connectivity index (χ0v) is 23.7. The first-order valence-electron chi connectivity index (χ1n) is 13.6. The van der Waals surface area contributed by atoms with Crippen molar-refractivity contribution < 1.29 is 24.3 Å². The van der Waals surface area contributed by atoms with Gasteiger partial charge in [0.2, 0.25) is 0 Å². The third-order valence-electron chi connectivity index (χ3n) is 6.59. The molecular weight excluding hydrogens is 572 g/mol. The molecule has 0 spiro atoms. The van der Waals surface area contributed by atoms with E-state index < -0.39 is 11.8 Å². The van der Waals surface area contributed by atoms with Gasteiger partial charge in [0, 0.05) is 56.4 Å². The van der Waals surface area contributed by atoms with Gasteiger partial charge in [-0.2, -0.15) is 0 Å². The summed E-state index contributed by atoms with van der Waals surface area (Å²) in [6, 6.07) is 29.8. The van der Waals surface area contributed by atoms with Crippen LogP contribution in [0.15, 0.2) is 115 Å². The molecule has 5 rings (SSSR count). The van der Waals surface area contributed by atoms with Gasteiger partial charge in [0.15, 0.2) is 0 Å². The molecule has 0 aliphatic carbocycles. The second-order valence-corrected chi connectivity index (χ2v) is 9.98. The van der Waals surface area contributed by atoms with E-state index in [2.05, 4.69) is 21.3 Å². The molecule has 0 unspecified atom stereocenters. The zero-order valence-electron chi connectivity index (χ0n) is 23.7. The summed E-state index contributed by atoms with van der Waals surface area (Å²) in [7, 11) is 0. The van der Waals surface area contributed by atoms with E-state index in [4.69, 9.17) is 11.5 Å². The minimum Gasteiger partial charge on any atom is -0.508 e. The van der Waals surface area contributed by atoms with Gasteiger partial charge in [-0.1, -0.05) is 0 Å². The highest BCUT2D eigenvalue weighted by Crippen LogP contribution is 2.21. The molecule has 0 aliphatic rings. The normalized spacial score (nSPS) is 10.4. The molecule has 45 heavy (non-hydrogen) atoms. The van der Waals surface area contributed by atoms with E-state index in [9.17, 15) is 24.3 Å². The highest BCUT2D eigenvalue weighted by molar-refractivity contribution is 6.10. The van der Waals surface area contributed by atoms with Crippen LogP contribution in [-0.2, 0) is 0 Å². The Morgan fingerprint density at radius 1 is 0.400 bits per heavy atom. The Bertz CT molecular complexity index is 1740. The molecule has 11 heteroatoms. The number of hydrogen-bond donors (Lipinski definition) is 7. The number of aromatic hydroxyl groups is 1. The Balaban J connectivity index is 1.18. The van der Waals surface area contributed by atoms with Crippen LogP contribution in [0, 0.1) is 0 Å². The predicted octanol–water partition coefficient (Wildman–Crippen LogP) is 5.57. The van der Waals surface area contributed by atoms with Crippen molar-refractivity contribution in [1.29, 1.82) is 0 Å². The summed E-state index contributed by atoms with van der Waals surface area (Å²) in [4.78, 5) is 50.7. The van der Waals surface area contributed by atoms with Crippen molar-refractivity contribution in [2.45, 2.75) is 0 Å². The van der Waals surface area contributed by atoms with E-state index >= 15 is 0 Å². The Labute approximate surface area is 257 Å². The van der Waals surface area contributed by atoms with Gasteiger partial charge < -0.3 is 37.8 Å². The number of nitrogens with one attached hydrogen (secondary N) is 4. The first-order valence-corrected chi connectivity index (χ1v) is 13.6. The molecule has 0 saturated heterocycles. The van der Waals surface area contributed by atoms with Gasteiger partial charge in [-0.15, -0.1) is 0 Å². The lowest BCUT2D eigenvalue weighted by atomic mass is 10.1. The number of anilines is 6. The molecule has 224 valence electrons. The molecule has 0 fully saturated rings. The molecule has 0 saturated carbocycles. The van der Waals surface area contributed by atoms with E-state index in [-0.39, 0.29) is 28.7 Å². The van der Waals surface area contributed by atoms with Crippen molar-refractivity contribution >= 4 is 57.8 Å². The summed E-state index contributed by atoms with van der Waals surface area (Å²) >= 11 is 0. The standard InChI is InChI=1S/C34H28N6O5/c35-24-5-1-20(2-6-24)31(42)37-26-9-13-28(14-10-26)39-33(44)22-17-23(19-30(41)18-22)34(45)40-29-15-11-27(12-16-29)38-32(43)21-3-7-25(36)8-4-21/h1-19,41H,35-36H2,(H,37,42)(H,38,43)(H,39,44)(H,40,45). The molecular formula is C34H28N6O5. The fourth-order valence-corrected chi connectivity index (χ4v) is 4.23. The van der Waals surface area contributed by atoms with Gasteiger partial charge in [0.05, 0.1) is 0 Å². The average molecular weight is 601 g/mol. The van der Waals surface area contributed by atoms with E-state index in [1.807, 2.05) is 0 Å². The number of nitrogens with two attached hydrogens (primary N) is 2. The molecule has 0 bridgehead atoms. The third-order valence-corrected chi connectivity index (χ3v) is 6.59. The van der Waals surface area contributed by atoms with Crippen LogP contribution in [0.5, 0.6) is 5.75 Å². The third kappa shape index (κ3) is 7.81. The first kappa shape index (κ1) is 29.9. The highest BCUT2D eigenvalue weighted by atomic mass is 16.3. The summed E-state index contributed by atoms with van der Waals surface area (Å²) < 4.78 is 0. The molecule has 0 heterocycles. The fraction of sp³-hybridized carbons (Fsp3) is 0. The maximum atomic E-state index is 12.9. The molecule has 9 N–H and O–H groups in total. The van der Waals surface area contributed by atoms with Crippen molar-refractivity contribution in [2.24, 2.45) is 0 Å². The fourth-order valence-electron chi connectivity index (χ4n) is 4.23. The lowest BCUT2D eigenvalue weighted by Crippen LogP contribution is -2.16. The number of nitrogen functional groups attached to an aromatic ring is 2. The maximum absolute atomic E-state index is 12.9. The van der Waals surface area contributed by atoms with Gasteiger partial charge in [-0.3, -0.25) is 19.2 Å². The van der Waals surface area contributed by atoms with Crippen molar-refractivity contribution in [3.8, 4) is 5.75 Å². The number of phenolic OH excluding ortho intramolecular Hbond substituents is 1. The molecule has 4 amide bonds. The number of amides is 4. The van der Waals surface area contributed by atoms with Gasteiger partial charge in [-0.05, 0) is 115 Å². The molecule has 5 aromatic rings. The number of hydrogen-bond acceptors (Lipinski definition) is 7. The quantitative estimate of drug-likeness (QED) is 0.113. The predicted molar refractivity (Wildman–Crippen MR) is 175 cm³/mol. The van der Waals surface area contributed by atoms with Crippen molar-refractivity contribution in [3.05, 3.63) is 138 Å². The van der Waals surface area contributed by atoms with E-state index in [0.717, 1.165) is 0 Å². The topological polar surface area (TPSA) is 189 Å².